The summed E-state index contributed by atoms with van der Waals surface area (Å²) in [5.41, 5.74) is 0.403. The first-order chi connectivity index (χ1) is 7.13. The normalized spacial score (nSPS) is 21.5. The van der Waals surface area contributed by atoms with E-state index < -0.39 is 5.97 Å². The molecule has 0 radical (unpaired) electrons. The molecule has 1 heterocycles. The van der Waals surface area contributed by atoms with Crippen molar-refractivity contribution in [3.63, 3.8) is 0 Å². The fourth-order valence-electron chi connectivity index (χ4n) is 1.48. The first kappa shape index (κ1) is 11.7. The van der Waals surface area contributed by atoms with Crippen molar-refractivity contribution >= 4 is 11.9 Å². The van der Waals surface area contributed by atoms with Crippen LogP contribution in [0.15, 0.2) is 11.6 Å². The van der Waals surface area contributed by atoms with Crippen molar-refractivity contribution in [1.82, 2.24) is 10.6 Å². The van der Waals surface area contributed by atoms with E-state index in [1.54, 1.807) is 13.0 Å². The molecule has 0 aromatic rings. The van der Waals surface area contributed by atoms with E-state index in [1.807, 2.05) is 0 Å². The average Bonchev–Trinajstić information content (AvgIpc) is 2.58. The van der Waals surface area contributed by atoms with E-state index in [0.29, 0.717) is 31.5 Å². The van der Waals surface area contributed by atoms with Gasteiger partial charge < -0.3 is 15.7 Å². The molecule has 1 amide bonds. The number of nitrogens with one attached hydrogen (secondary N) is 2. The molecule has 0 aliphatic carbocycles. The van der Waals surface area contributed by atoms with Crippen LogP contribution in [0.1, 0.15) is 19.8 Å². The second-order valence-corrected chi connectivity index (χ2v) is 3.50. The molecule has 3 N–H and O–H groups in total. The van der Waals surface area contributed by atoms with Crippen LogP contribution >= 0.6 is 0 Å². The average molecular weight is 212 g/mol. The largest absolute Gasteiger partial charge is 0.478 e. The Bertz CT molecular complexity index is 286. The zero-order chi connectivity index (χ0) is 11.3. The van der Waals surface area contributed by atoms with Gasteiger partial charge in [-0.1, -0.05) is 13.0 Å². The highest BCUT2D eigenvalue weighted by molar-refractivity contribution is 5.86. The maximum absolute atomic E-state index is 10.9. The van der Waals surface area contributed by atoms with Crippen LogP contribution < -0.4 is 10.6 Å². The van der Waals surface area contributed by atoms with Gasteiger partial charge in [0.1, 0.15) is 0 Å². The minimum absolute atomic E-state index is 0.0467. The van der Waals surface area contributed by atoms with Gasteiger partial charge in [-0.25, -0.2) is 4.79 Å². The first-order valence-corrected chi connectivity index (χ1v) is 5.06. The van der Waals surface area contributed by atoms with E-state index in [1.165, 1.54) is 0 Å². The molecule has 0 saturated carbocycles. The number of carbonyl (C=O) groups is 2. The lowest BCUT2D eigenvalue weighted by molar-refractivity contribution is -0.132. The molecule has 1 unspecified atom stereocenters. The summed E-state index contributed by atoms with van der Waals surface area (Å²) in [6.45, 7) is 2.93. The van der Waals surface area contributed by atoms with E-state index in [0.717, 1.165) is 0 Å². The third-order valence-corrected chi connectivity index (χ3v) is 2.39. The van der Waals surface area contributed by atoms with Crippen molar-refractivity contribution < 1.29 is 14.7 Å². The number of amides is 1. The summed E-state index contributed by atoms with van der Waals surface area (Å²) < 4.78 is 0. The molecule has 0 spiro atoms. The molecule has 1 rings (SSSR count). The van der Waals surface area contributed by atoms with Crippen LogP contribution in [0.25, 0.3) is 0 Å². The van der Waals surface area contributed by atoms with Crippen LogP contribution in [-0.2, 0) is 9.59 Å². The van der Waals surface area contributed by atoms with Crippen LogP contribution in [0.4, 0.5) is 0 Å². The van der Waals surface area contributed by atoms with E-state index in [2.05, 4.69) is 10.6 Å². The number of rotatable bonds is 5. The van der Waals surface area contributed by atoms with Gasteiger partial charge in [0.25, 0.3) is 0 Å². The Balaban J connectivity index is 2.31. The highest BCUT2D eigenvalue weighted by Gasteiger charge is 2.19. The van der Waals surface area contributed by atoms with Crippen molar-refractivity contribution in [3.8, 4) is 0 Å². The van der Waals surface area contributed by atoms with E-state index >= 15 is 0 Å². The van der Waals surface area contributed by atoms with Crippen molar-refractivity contribution in [2.45, 2.75) is 25.8 Å². The van der Waals surface area contributed by atoms with Crippen molar-refractivity contribution in [1.29, 1.82) is 0 Å². The van der Waals surface area contributed by atoms with Crippen LogP contribution in [-0.4, -0.2) is 36.1 Å². The van der Waals surface area contributed by atoms with Gasteiger partial charge in [0.15, 0.2) is 0 Å². The predicted octanol–water partition coefficient (Wildman–Crippen LogP) is -0.114. The zero-order valence-corrected chi connectivity index (χ0v) is 8.75. The molecule has 15 heavy (non-hydrogen) atoms. The highest BCUT2D eigenvalue weighted by atomic mass is 16.4. The summed E-state index contributed by atoms with van der Waals surface area (Å²) in [6, 6.07) is 0.126. The minimum atomic E-state index is -0.875. The molecule has 1 aliphatic heterocycles. The Morgan fingerprint density at radius 3 is 2.93 bits per heavy atom. The Hall–Kier alpha value is -1.36. The molecule has 1 aliphatic rings. The summed E-state index contributed by atoms with van der Waals surface area (Å²) in [6.07, 6.45) is 2.65. The molecule has 1 fully saturated rings. The lowest BCUT2D eigenvalue weighted by Crippen LogP contribution is -2.31. The molecule has 5 nitrogen and oxygen atoms in total. The van der Waals surface area contributed by atoms with Gasteiger partial charge in [-0.15, -0.1) is 0 Å². The quantitative estimate of drug-likeness (QED) is 0.555. The Morgan fingerprint density at radius 2 is 2.47 bits per heavy atom. The highest BCUT2D eigenvalue weighted by Crippen LogP contribution is 2.01. The zero-order valence-electron chi connectivity index (χ0n) is 8.75. The minimum Gasteiger partial charge on any atom is -0.478 e. The Kier molecular flexibility index (Phi) is 4.30. The van der Waals surface area contributed by atoms with E-state index in [4.69, 9.17) is 5.11 Å². The summed E-state index contributed by atoms with van der Waals surface area (Å²) in [5.74, 6) is -0.828. The molecule has 1 saturated heterocycles. The maximum Gasteiger partial charge on any atom is 0.331 e. The molecule has 84 valence electrons. The molecule has 1 atom stereocenters. The van der Waals surface area contributed by atoms with E-state index in [9.17, 15) is 9.59 Å². The van der Waals surface area contributed by atoms with Crippen LogP contribution in [0.3, 0.4) is 0 Å². The Labute approximate surface area is 88.5 Å². The monoisotopic (exact) mass is 212 g/mol. The smallest absolute Gasteiger partial charge is 0.331 e. The number of carboxylic acids is 1. The van der Waals surface area contributed by atoms with E-state index in [-0.39, 0.29) is 11.9 Å². The fraction of sp³-hybridized carbons (Fsp3) is 0.600. The van der Waals surface area contributed by atoms with Gasteiger partial charge in [-0.3, -0.25) is 4.79 Å². The predicted molar refractivity (Wildman–Crippen MR) is 55.4 cm³/mol. The van der Waals surface area contributed by atoms with Gasteiger partial charge in [0, 0.05) is 31.1 Å². The third-order valence-electron chi connectivity index (χ3n) is 2.39. The fourth-order valence-corrected chi connectivity index (χ4v) is 1.48. The first-order valence-electron chi connectivity index (χ1n) is 5.06. The topological polar surface area (TPSA) is 78.4 Å². The number of hydrogen-bond acceptors (Lipinski definition) is 3. The molecular formula is C10H16N2O3. The van der Waals surface area contributed by atoms with Gasteiger partial charge in [0.2, 0.25) is 5.91 Å². The molecule has 0 aromatic heterocycles. The molecular weight excluding hydrogens is 196 g/mol. The molecule has 5 heteroatoms. The second kappa shape index (κ2) is 5.50. The van der Waals surface area contributed by atoms with Crippen LogP contribution in [0.2, 0.25) is 0 Å². The van der Waals surface area contributed by atoms with Crippen LogP contribution in [0, 0.1) is 0 Å². The van der Waals surface area contributed by atoms with Gasteiger partial charge in [0.05, 0.1) is 0 Å². The van der Waals surface area contributed by atoms with Gasteiger partial charge in [-0.05, 0) is 6.42 Å². The number of aliphatic carboxylic acids is 1. The van der Waals surface area contributed by atoms with Gasteiger partial charge >= 0.3 is 5.97 Å². The summed E-state index contributed by atoms with van der Waals surface area (Å²) in [7, 11) is 0. The SMILES string of the molecule is CCC(=CCNC1CNC(=O)C1)C(=O)O. The van der Waals surface area contributed by atoms with Crippen LogP contribution in [0.5, 0.6) is 0 Å². The standard InChI is InChI=1S/C10H16N2O3/c1-2-7(10(14)15)3-4-11-8-5-9(13)12-6-8/h3,8,11H,2,4-6H2,1H3,(H,12,13)(H,14,15). The molecule has 0 aromatic carbocycles. The number of carbonyl (C=O) groups excluding carboxylic acids is 1. The molecule has 0 bridgehead atoms. The van der Waals surface area contributed by atoms with Crippen molar-refractivity contribution in [3.05, 3.63) is 11.6 Å². The summed E-state index contributed by atoms with van der Waals surface area (Å²) in [4.78, 5) is 21.5. The number of hydrogen-bond donors (Lipinski definition) is 3. The van der Waals surface area contributed by atoms with Gasteiger partial charge in [-0.2, -0.15) is 0 Å². The maximum atomic E-state index is 10.9. The lowest BCUT2D eigenvalue weighted by Gasteiger charge is -2.07. The second-order valence-electron chi connectivity index (χ2n) is 3.50. The van der Waals surface area contributed by atoms with Crippen molar-refractivity contribution in [2.75, 3.05) is 13.1 Å². The van der Waals surface area contributed by atoms with Crippen molar-refractivity contribution in [2.24, 2.45) is 0 Å². The lowest BCUT2D eigenvalue weighted by atomic mass is 10.2. The number of carboxylic acid groups (broad SMARTS) is 1. The summed E-state index contributed by atoms with van der Waals surface area (Å²) in [5, 5.41) is 14.6. The summed E-state index contributed by atoms with van der Waals surface area (Å²) >= 11 is 0. The third kappa shape index (κ3) is 3.71. The Morgan fingerprint density at radius 1 is 1.73 bits per heavy atom.